The van der Waals surface area contributed by atoms with Crippen LogP contribution in [-0.2, 0) is 14.5 Å². The fourth-order valence-corrected chi connectivity index (χ4v) is 3.08. The van der Waals surface area contributed by atoms with Crippen LogP contribution < -0.4 is 0 Å². The zero-order valence-electron chi connectivity index (χ0n) is 17.5. The predicted molar refractivity (Wildman–Crippen MR) is 127 cm³/mol. The number of fused-ring (bicyclic) bond motifs is 2. The van der Waals surface area contributed by atoms with E-state index in [1.807, 2.05) is 0 Å². The van der Waals surface area contributed by atoms with E-state index < -0.39 is 14.5 Å². The van der Waals surface area contributed by atoms with Crippen molar-refractivity contribution < 1.29 is 14.5 Å². The number of rotatable bonds is 0. The molecule has 0 saturated carbocycles. The normalized spacial score (nSPS) is 10.1. The molecule has 4 heteroatoms. The second-order valence-corrected chi connectivity index (χ2v) is 23.6. The Kier molecular flexibility index (Phi) is 9.05. The first-order chi connectivity index (χ1) is 13.2. The van der Waals surface area contributed by atoms with Gasteiger partial charge in [0, 0.05) is 0 Å². The Hall–Kier alpha value is -0.829. The molecule has 0 aliphatic heterocycles. The Morgan fingerprint density at radius 1 is 0.714 bits per heavy atom. The molecule has 0 amide bonds. The van der Waals surface area contributed by atoms with Gasteiger partial charge in [-0.25, -0.2) is 0 Å². The fraction of sp³-hybridized carbons (Fsp3) is 0.250. The number of benzene rings is 2. The Labute approximate surface area is 183 Å². The van der Waals surface area contributed by atoms with E-state index in [0.717, 1.165) is 0 Å². The Bertz CT molecular complexity index is 1010. The monoisotopic (exact) mass is 462 g/mol. The van der Waals surface area contributed by atoms with E-state index in [9.17, 15) is 0 Å². The van der Waals surface area contributed by atoms with Gasteiger partial charge in [0.1, 0.15) is 0 Å². The van der Waals surface area contributed by atoms with Gasteiger partial charge in [0.2, 0.25) is 0 Å². The van der Waals surface area contributed by atoms with Crippen LogP contribution in [0.4, 0.5) is 0 Å². The van der Waals surface area contributed by atoms with Gasteiger partial charge >= 0.3 is 52.4 Å². The summed E-state index contributed by atoms with van der Waals surface area (Å²) in [5, 5.41) is 5.51. The van der Waals surface area contributed by atoms with Crippen LogP contribution in [0.15, 0.2) is 60.7 Å². The molecule has 0 N–H and O–H groups in total. The topological polar surface area (TPSA) is 0 Å². The van der Waals surface area contributed by atoms with Crippen LogP contribution in [0.1, 0.15) is 22.3 Å². The minimum atomic E-state index is -1.42. The van der Waals surface area contributed by atoms with Crippen molar-refractivity contribution in [1.29, 1.82) is 0 Å². The number of hydrogen-bond acceptors (Lipinski definition) is 0. The third-order valence-electron chi connectivity index (χ3n) is 4.60. The molecule has 0 nitrogen and oxygen atoms in total. The van der Waals surface area contributed by atoms with Gasteiger partial charge in [-0.05, 0) is 13.8 Å². The summed E-state index contributed by atoms with van der Waals surface area (Å²) in [7, 11) is 11.2. The van der Waals surface area contributed by atoms with Crippen molar-refractivity contribution in [3.05, 3.63) is 82.9 Å². The van der Waals surface area contributed by atoms with Crippen LogP contribution in [0.2, 0.25) is 13.1 Å². The first-order valence-corrected chi connectivity index (χ1v) is 18.6. The molecule has 4 rings (SSSR count). The van der Waals surface area contributed by atoms with Crippen molar-refractivity contribution in [1.82, 2.24) is 0 Å². The fourth-order valence-electron chi connectivity index (χ4n) is 3.08. The minimum absolute atomic E-state index is 0.254. The maximum absolute atomic E-state index is 5.59. The summed E-state index contributed by atoms with van der Waals surface area (Å²) < 4.78 is 0. The molecule has 0 unspecified atom stereocenters. The molecule has 0 saturated heterocycles. The van der Waals surface area contributed by atoms with E-state index in [2.05, 4.69) is 101 Å². The van der Waals surface area contributed by atoms with Gasteiger partial charge in [-0.3, -0.25) is 0 Å². The molecule has 0 atom stereocenters. The van der Waals surface area contributed by atoms with Gasteiger partial charge in [0.25, 0.3) is 0 Å². The molecular formula is C24H28Cl2SiTi-2. The van der Waals surface area contributed by atoms with E-state index in [0.29, 0.717) is 0 Å². The Morgan fingerprint density at radius 2 is 1.07 bits per heavy atom. The second kappa shape index (κ2) is 10.8. The van der Waals surface area contributed by atoms with Crippen LogP contribution >= 0.6 is 18.6 Å². The van der Waals surface area contributed by atoms with Crippen molar-refractivity contribution in [3.63, 3.8) is 0 Å². The van der Waals surface area contributed by atoms with E-state index in [1.54, 1.807) is 0 Å². The van der Waals surface area contributed by atoms with Crippen molar-refractivity contribution in [3.8, 4) is 0 Å². The maximum Gasteiger partial charge on any atom is -0.0488 e. The van der Waals surface area contributed by atoms with Crippen molar-refractivity contribution in [2.45, 2.75) is 40.8 Å². The van der Waals surface area contributed by atoms with E-state index in [4.69, 9.17) is 18.6 Å². The Morgan fingerprint density at radius 3 is 1.36 bits per heavy atom. The quantitative estimate of drug-likeness (QED) is 0.181. The van der Waals surface area contributed by atoms with E-state index in [1.165, 1.54) is 43.8 Å². The molecule has 0 heterocycles. The molecule has 0 bridgehead atoms. The molecule has 4 aromatic carbocycles. The van der Waals surface area contributed by atoms with Gasteiger partial charge in [-0.1, -0.05) is 37.1 Å². The number of halogens is 2. The van der Waals surface area contributed by atoms with Crippen LogP contribution in [0.5, 0.6) is 0 Å². The molecule has 0 spiro atoms. The maximum atomic E-state index is 5.59. The van der Waals surface area contributed by atoms with Gasteiger partial charge < -0.3 is 0 Å². The number of hydrogen-bond donors (Lipinski definition) is 0. The molecular weight excluding hydrogens is 435 g/mol. The van der Waals surface area contributed by atoms with Gasteiger partial charge in [-0.15, -0.1) is 69.1 Å². The second-order valence-electron chi connectivity index (χ2n) is 7.48. The molecule has 0 aliphatic rings. The third-order valence-corrected chi connectivity index (χ3v) is 18.3. The van der Waals surface area contributed by atoms with Gasteiger partial charge in [0.05, 0.1) is 0 Å². The molecule has 28 heavy (non-hydrogen) atoms. The average molecular weight is 463 g/mol. The van der Waals surface area contributed by atoms with Crippen LogP contribution in [-0.4, -0.2) is 6.19 Å². The van der Waals surface area contributed by atoms with Crippen LogP contribution in [0, 0.1) is 27.7 Å². The molecule has 0 aromatic heterocycles. The molecule has 4 aromatic rings. The average Bonchev–Trinajstić information content (AvgIpc) is 3.19. The van der Waals surface area contributed by atoms with E-state index in [-0.39, 0.29) is 6.19 Å². The van der Waals surface area contributed by atoms with Gasteiger partial charge in [-0.2, -0.15) is 12.1 Å². The minimum Gasteiger partial charge on any atom is -0.165 e. The predicted octanol–water partition coefficient (Wildman–Crippen LogP) is 8.51. The standard InChI is InChI=1S/2C11H11.C2H6Si.2ClH.Ti/c2*1-8-6-10-5-3-4-9(2)11(10)7-8;1-3-2;;;/h2*3-7H,1-2H3;1-2H3;2*1H;/q2*-1;;;;+2/p-2. The third kappa shape index (κ3) is 6.61. The van der Waals surface area contributed by atoms with Crippen molar-refractivity contribution >= 4 is 46.3 Å². The molecule has 0 aliphatic carbocycles. The van der Waals surface area contributed by atoms with Crippen molar-refractivity contribution in [2.24, 2.45) is 0 Å². The summed E-state index contributed by atoms with van der Waals surface area (Å²) in [4.78, 5) is 0. The van der Waals surface area contributed by atoms with Gasteiger partial charge in [0.15, 0.2) is 0 Å². The van der Waals surface area contributed by atoms with Crippen LogP contribution in [0.25, 0.3) is 21.5 Å². The largest absolute Gasteiger partial charge is 0.165 e. The summed E-state index contributed by atoms with van der Waals surface area (Å²) in [6.07, 6.45) is -0.254. The molecule has 148 valence electrons. The smallest absolute Gasteiger partial charge is 0.0488 e. The summed E-state index contributed by atoms with van der Waals surface area (Å²) in [5.74, 6) is 0. The van der Waals surface area contributed by atoms with Crippen LogP contribution in [0.3, 0.4) is 0 Å². The molecule has 0 fully saturated rings. The first kappa shape index (κ1) is 23.5. The van der Waals surface area contributed by atoms with E-state index >= 15 is 0 Å². The zero-order chi connectivity index (χ0) is 20.8. The van der Waals surface area contributed by atoms with Crippen molar-refractivity contribution in [2.75, 3.05) is 0 Å². The summed E-state index contributed by atoms with van der Waals surface area (Å²) >= 11 is -1.42. The summed E-state index contributed by atoms with van der Waals surface area (Å²) in [5.41, 5.74) is 5.45. The number of aryl methyl sites for hydroxylation is 4. The first-order valence-electron chi connectivity index (χ1n) is 9.43. The Balaban J connectivity index is 0.000000158. The zero-order valence-corrected chi connectivity index (χ0v) is 21.6. The summed E-state index contributed by atoms with van der Waals surface area (Å²) in [6.45, 7) is 12.9. The molecule has 0 radical (unpaired) electrons. The summed E-state index contributed by atoms with van der Waals surface area (Å²) in [6, 6.07) is 21.8. The SMILES string of the molecule is C[Si](C)=[Ti]([Cl])[Cl].Cc1cc2c(C)cccc2[cH-]1.Cc1cc2c(C)cccc2[cH-]1.